The molecular formula is C29H34N2. The van der Waals surface area contributed by atoms with Gasteiger partial charge in [0, 0.05) is 23.5 Å². The Kier molecular flexibility index (Phi) is 7.30. The van der Waals surface area contributed by atoms with E-state index in [1.54, 1.807) is 0 Å². The van der Waals surface area contributed by atoms with Crippen molar-refractivity contribution in [2.45, 2.75) is 64.7 Å². The molecule has 0 spiro atoms. The van der Waals surface area contributed by atoms with E-state index in [-0.39, 0.29) is 0 Å². The first-order chi connectivity index (χ1) is 15.3. The van der Waals surface area contributed by atoms with Crippen molar-refractivity contribution in [2.75, 3.05) is 0 Å². The third-order valence-corrected chi connectivity index (χ3v) is 6.78. The number of benzene rings is 2. The molecule has 4 rings (SSSR count). The lowest BCUT2D eigenvalue weighted by Crippen LogP contribution is -2.02. The molecule has 1 fully saturated rings. The molecule has 2 aromatic carbocycles. The number of nitrogens with one attached hydrogen (secondary N) is 1. The molecule has 160 valence electrons. The summed E-state index contributed by atoms with van der Waals surface area (Å²) < 4.78 is 0. The van der Waals surface area contributed by atoms with Crippen LogP contribution in [0.5, 0.6) is 0 Å². The first kappa shape index (κ1) is 21.5. The number of pyridine rings is 1. The highest BCUT2D eigenvalue weighted by atomic mass is 14.7. The summed E-state index contributed by atoms with van der Waals surface area (Å²) in [6, 6.07) is 19.4. The van der Waals surface area contributed by atoms with Crippen LogP contribution in [0.25, 0.3) is 22.4 Å². The van der Waals surface area contributed by atoms with Crippen LogP contribution in [-0.4, -0.2) is 11.2 Å². The molecular weight excluding hydrogens is 376 g/mol. The Bertz CT molecular complexity index is 978. The quantitative estimate of drug-likeness (QED) is 0.312. The predicted molar refractivity (Wildman–Crippen MR) is 132 cm³/mol. The summed E-state index contributed by atoms with van der Waals surface area (Å²) in [5, 5.41) is 7.50. The molecule has 0 bridgehead atoms. The van der Waals surface area contributed by atoms with Crippen LogP contribution in [0, 0.1) is 11.3 Å². The van der Waals surface area contributed by atoms with E-state index in [4.69, 9.17) is 10.4 Å². The standard InChI is InChI=1S/C29H34N2/c1-2-22-11-17-27(18-12-22)29-28(26-15-13-24(20-30)14-16-26)19-25(21-31-29)10-9-23-7-5-3-4-6-8-23/h11-21,23,30H,2-10H2,1H3. The van der Waals surface area contributed by atoms with Crippen molar-refractivity contribution < 1.29 is 0 Å². The summed E-state index contributed by atoms with van der Waals surface area (Å²) in [6.07, 6.45) is 15.4. The summed E-state index contributed by atoms with van der Waals surface area (Å²) in [6.45, 7) is 2.19. The van der Waals surface area contributed by atoms with E-state index >= 15 is 0 Å². The van der Waals surface area contributed by atoms with Gasteiger partial charge in [-0.1, -0.05) is 94.0 Å². The zero-order valence-electron chi connectivity index (χ0n) is 18.7. The Morgan fingerprint density at radius 1 is 0.871 bits per heavy atom. The van der Waals surface area contributed by atoms with Gasteiger partial charge in [-0.2, -0.15) is 0 Å². The molecule has 2 nitrogen and oxygen atoms in total. The van der Waals surface area contributed by atoms with Gasteiger partial charge in [0.1, 0.15) is 0 Å². The van der Waals surface area contributed by atoms with Crippen molar-refractivity contribution in [3.63, 3.8) is 0 Å². The monoisotopic (exact) mass is 410 g/mol. The molecule has 0 aliphatic heterocycles. The average molecular weight is 411 g/mol. The van der Waals surface area contributed by atoms with Gasteiger partial charge in [0.05, 0.1) is 5.69 Å². The average Bonchev–Trinajstić information content (AvgIpc) is 3.12. The first-order valence-electron chi connectivity index (χ1n) is 12.0. The minimum Gasteiger partial charge on any atom is -0.308 e. The van der Waals surface area contributed by atoms with Gasteiger partial charge in [-0.3, -0.25) is 4.98 Å². The van der Waals surface area contributed by atoms with E-state index in [1.165, 1.54) is 79.0 Å². The molecule has 1 saturated carbocycles. The smallest absolute Gasteiger partial charge is 0.0780 e. The van der Waals surface area contributed by atoms with Gasteiger partial charge >= 0.3 is 0 Å². The Balaban J connectivity index is 1.64. The highest BCUT2D eigenvalue weighted by Crippen LogP contribution is 2.33. The second kappa shape index (κ2) is 10.5. The molecule has 0 unspecified atom stereocenters. The lowest BCUT2D eigenvalue weighted by molar-refractivity contribution is 0.428. The molecule has 31 heavy (non-hydrogen) atoms. The van der Waals surface area contributed by atoms with Crippen molar-refractivity contribution in [3.8, 4) is 22.4 Å². The van der Waals surface area contributed by atoms with Gasteiger partial charge in [-0.25, -0.2) is 0 Å². The summed E-state index contributed by atoms with van der Waals surface area (Å²) in [7, 11) is 0. The molecule has 0 radical (unpaired) electrons. The maximum Gasteiger partial charge on any atom is 0.0780 e. The zero-order valence-corrected chi connectivity index (χ0v) is 18.7. The van der Waals surface area contributed by atoms with Crippen LogP contribution >= 0.6 is 0 Å². The van der Waals surface area contributed by atoms with Crippen LogP contribution in [0.4, 0.5) is 0 Å². The lowest BCUT2D eigenvalue weighted by atomic mass is 9.91. The zero-order chi connectivity index (χ0) is 21.5. The second-order valence-corrected chi connectivity index (χ2v) is 8.95. The Hall–Kier alpha value is -2.74. The Morgan fingerprint density at radius 3 is 2.19 bits per heavy atom. The maximum absolute atomic E-state index is 7.50. The van der Waals surface area contributed by atoms with Crippen LogP contribution in [0.1, 0.15) is 68.6 Å². The van der Waals surface area contributed by atoms with Crippen LogP contribution in [0.15, 0.2) is 60.8 Å². The van der Waals surface area contributed by atoms with E-state index in [9.17, 15) is 0 Å². The molecule has 3 aromatic rings. The maximum atomic E-state index is 7.50. The van der Waals surface area contributed by atoms with Crippen LogP contribution in [0.3, 0.4) is 0 Å². The molecule has 0 saturated heterocycles. The Labute approximate surface area is 187 Å². The highest BCUT2D eigenvalue weighted by molar-refractivity contribution is 5.83. The Morgan fingerprint density at radius 2 is 1.55 bits per heavy atom. The molecule has 2 heteroatoms. The fourth-order valence-corrected chi connectivity index (χ4v) is 4.78. The summed E-state index contributed by atoms with van der Waals surface area (Å²) in [4.78, 5) is 4.96. The number of nitrogens with zero attached hydrogens (tertiary/aromatic N) is 1. The molecule has 1 aromatic heterocycles. The first-order valence-corrected chi connectivity index (χ1v) is 12.0. The third-order valence-electron chi connectivity index (χ3n) is 6.78. The largest absolute Gasteiger partial charge is 0.308 e. The highest BCUT2D eigenvalue weighted by Gasteiger charge is 2.14. The van der Waals surface area contributed by atoms with Gasteiger partial charge in [0.15, 0.2) is 0 Å². The number of hydrogen-bond donors (Lipinski definition) is 1. The van der Waals surface area contributed by atoms with E-state index in [2.05, 4.69) is 55.6 Å². The fourth-order valence-electron chi connectivity index (χ4n) is 4.78. The van der Waals surface area contributed by atoms with E-state index in [0.29, 0.717) is 0 Å². The minimum atomic E-state index is 0.874. The fraction of sp³-hybridized carbons (Fsp3) is 0.379. The van der Waals surface area contributed by atoms with Crippen LogP contribution < -0.4 is 0 Å². The van der Waals surface area contributed by atoms with Crippen molar-refractivity contribution in [1.82, 2.24) is 4.98 Å². The lowest BCUT2D eigenvalue weighted by Gasteiger charge is -2.16. The van der Waals surface area contributed by atoms with Gasteiger partial charge in [-0.05, 0) is 53.5 Å². The summed E-state index contributed by atoms with van der Waals surface area (Å²) in [5.74, 6) is 0.874. The van der Waals surface area contributed by atoms with Crippen LogP contribution in [-0.2, 0) is 12.8 Å². The van der Waals surface area contributed by atoms with Gasteiger partial charge < -0.3 is 5.41 Å². The SMILES string of the molecule is CCc1ccc(-c2ncc(CCC3CCCCCC3)cc2-c2ccc(C=N)cc2)cc1. The number of rotatable bonds is 7. The molecule has 0 atom stereocenters. The van der Waals surface area contributed by atoms with E-state index in [0.717, 1.165) is 30.0 Å². The topological polar surface area (TPSA) is 36.7 Å². The minimum absolute atomic E-state index is 0.874. The van der Waals surface area contributed by atoms with E-state index in [1.807, 2.05) is 12.1 Å². The normalized spacial score (nSPS) is 14.9. The number of aryl methyl sites for hydroxylation is 2. The predicted octanol–water partition coefficient (Wildman–Crippen LogP) is 7.88. The molecule has 1 aliphatic carbocycles. The van der Waals surface area contributed by atoms with Gasteiger partial charge in [-0.15, -0.1) is 0 Å². The van der Waals surface area contributed by atoms with Crippen molar-refractivity contribution in [1.29, 1.82) is 5.41 Å². The number of hydrogen-bond acceptors (Lipinski definition) is 2. The second-order valence-electron chi connectivity index (χ2n) is 8.95. The molecule has 1 aliphatic rings. The molecule has 1 heterocycles. The van der Waals surface area contributed by atoms with Gasteiger partial charge in [0.25, 0.3) is 0 Å². The van der Waals surface area contributed by atoms with Crippen molar-refractivity contribution in [2.24, 2.45) is 5.92 Å². The van der Waals surface area contributed by atoms with E-state index < -0.39 is 0 Å². The van der Waals surface area contributed by atoms with Crippen molar-refractivity contribution >= 4 is 6.21 Å². The van der Waals surface area contributed by atoms with Gasteiger partial charge in [0.2, 0.25) is 0 Å². The summed E-state index contributed by atoms with van der Waals surface area (Å²) in [5.41, 5.74) is 8.19. The summed E-state index contributed by atoms with van der Waals surface area (Å²) >= 11 is 0. The third kappa shape index (κ3) is 5.50. The van der Waals surface area contributed by atoms with Crippen LogP contribution in [0.2, 0.25) is 0 Å². The molecule has 1 N–H and O–H groups in total. The number of aromatic nitrogens is 1. The molecule has 0 amide bonds. The van der Waals surface area contributed by atoms with Crippen molar-refractivity contribution in [3.05, 3.63) is 77.5 Å².